The van der Waals surface area contributed by atoms with Gasteiger partial charge in [-0.3, -0.25) is 4.79 Å². The van der Waals surface area contributed by atoms with E-state index in [2.05, 4.69) is 20.6 Å². The highest BCUT2D eigenvalue weighted by Crippen LogP contribution is 2.29. The molecule has 2 heterocycles. The number of aromatic amines is 1. The van der Waals surface area contributed by atoms with Crippen LogP contribution in [0.2, 0.25) is 0 Å². The van der Waals surface area contributed by atoms with Crippen molar-refractivity contribution >= 4 is 23.5 Å². The van der Waals surface area contributed by atoms with Gasteiger partial charge in [0.1, 0.15) is 0 Å². The topological polar surface area (TPSA) is 95.0 Å². The maximum Gasteiger partial charge on any atom is 0.275 e. The molecule has 1 aromatic rings. The lowest BCUT2D eigenvalue weighted by Crippen LogP contribution is -2.35. The smallest absolute Gasteiger partial charge is 0.275 e. The molecule has 1 aliphatic rings. The van der Waals surface area contributed by atoms with Crippen molar-refractivity contribution in [3.63, 3.8) is 0 Å². The fourth-order valence-electron chi connectivity index (χ4n) is 1.16. The Labute approximate surface area is 83.4 Å². The molecule has 0 bridgehead atoms. The van der Waals surface area contributed by atoms with Crippen LogP contribution in [0.1, 0.15) is 6.92 Å². The normalized spacial score (nSPS) is 22.4. The summed E-state index contributed by atoms with van der Waals surface area (Å²) in [4.78, 5) is 12.5. The monoisotopic (exact) mass is 215 g/mol. The highest BCUT2D eigenvalue weighted by atomic mass is 35.5. The zero-order valence-corrected chi connectivity index (χ0v) is 7.86. The Hall–Kier alpha value is -1.47. The van der Waals surface area contributed by atoms with Gasteiger partial charge in [0.2, 0.25) is 0 Å². The number of aliphatic hydroxyl groups excluding tert-OH is 1. The molecule has 0 fully saturated rings. The molecule has 7 nitrogen and oxygen atoms in total. The Kier molecular flexibility index (Phi) is 1.97. The van der Waals surface area contributed by atoms with Crippen LogP contribution in [0.15, 0.2) is 10.6 Å². The van der Waals surface area contributed by atoms with E-state index in [1.54, 1.807) is 0 Å². The number of hydrogen-bond acceptors (Lipinski definition) is 5. The van der Waals surface area contributed by atoms with Gasteiger partial charge in [0, 0.05) is 5.57 Å². The SMILES string of the molecule is CC1=C(Cl)C(O)N(c2nn[nH]n2)C1=O. The van der Waals surface area contributed by atoms with Crippen LogP contribution in [0.25, 0.3) is 0 Å². The van der Waals surface area contributed by atoms with Crippen molar-refractivity contribution in [2.75, 3.05) is 4.90 Å². The second-order valence-electron chi connectivity index (χ2n) is 2.73. The zero-order chi connectivity index (χ0) is 10.3. The van der Waals surface area contributed by atoms with Crippen molar-refractivity contribution in [1.82, 2.24) is 20.6 Å². The number of nitrogens with zero attached hydrogens (tertiary/aromatic N) is 4. The first-order valence-corrected chi connectivity index (χ1v) is 4.12. The molecule has 1 aromatic heterocycles. The largest absolute Gasteiger partial charge is 0.368 e. The molecule has 0 spiro atoms. The number of tetrazole rings is 1. The second kappa shape index (κ2) is 3.03. The lowest BCUT2D eigenvalue weighted by atomic mass is 10.3. The van der Waals surface area contributed by atoms with Gasteiger partial charge in [0.25, 0.3) is 11.9 Å². The summed E-state index contributed by atoms with van der Waals surface area (Å²) < 4.78 is 0. The number of carbonyl (C=O) groups excluding carboxylic acids is 1. The molecule has 2 rings (SSSR count). The molecular formula is C6H6ClN5O2. The minimum Gasteiger partial charge on any atom is -0.368 e. The number of halogens is 1. The van der Waals surface area contributed by atoms with E-state index in [9.17, 15) is 9.90 Å². The molecular weight excluding hydrogens is 210 g/mol. The molecule has 0 aromatic carbocycles. The van der Waals surface area contributed by atoms with E-state index in [0.717, 1.165) is 4.90 Å². The maximum absolute atomic E-state index is 11.5. The van der Waals surface area contributed by atoms with Gasteiger partial charge in [-0.2, -0.15) is 5.21 Å². The summed E-state index contributed by atoms with van der Waals surface area (Å²) >= 11 is 5.70. The van der Waals surface area contributed by atoms with Crippen LogP contribution >= 0.6 is 11.6 Å². The molecule has 8 heteroatoms. The third-order valence-corrected chi connectivity index (χ3v) is 2.40. The van der Waals surface area contributed by atoms with Crippen LogP contribution in [0.4, 0.5) is 5.95 Å². The van der Waals surface area contributed by atoms with Gasteiger partial charge in [-0.15, -0.1) is 5.10 Å². The standard InChI is InChI=1S/C6H6ClN5O2/c1-2-3(7)5(14)12(4(2)13)6-8-10-11-9-6/h5,14H,1H3,(H,8,9,10,11). The van der Waals surface area contributed by atoms with Crippen LogP contribution in [-0.4, -0.2) is 37.9 Å². The van der Waals surface area contributed by atoms with Crippen molar-refractivity contribution in [2.24, 2.45) is 0 Å². The Morgan fingerprint density at radius 3 is 2.79 bits per heavy atom. The highest BCUT2D eigenvalue weighted by molar-refractivity contribution is 6.35. The highest BCUT2D eigenvalue weighted by Gasteiger charge is 2.38. The first-order chi connectivity index (χ1) is 6.63. The van der Waals surface area contributed by atoms with E-state index >= 15 is 0 Å². The first-order valence-electron chi connectivity index (χ1n) is 3.74. The molecule has 1 amide bonds. The number of aliphatic hydroxyl groups is 1. The summed E-state index contributed by atoms with van der Waals surface area (Å²) in [6, 6.07) is 0. The fourth-order valence-corrected chi connectivity index (χ4v) is 1.34. The number of anilines is 1. The number of H-pyrrole nitrogens is 1. The zero-order valence-electron chi connectivity index (χ0n) is 7.10. The van der Waals surface area contributed by atoms with Crippen molar-refractivity contribution in [1.29, 1.82) is 0 Å². The van der Waals surface area contributed by atoms with Gasteiger partial charge < -0.3 is 5.11 Å². The minimum atomic E-state index is -1.22. The minimum absolute atomic E-state index is 0.00231. The van der Waals surface area contributed by atoms with Crippen LogP contribution in [-0.2, 0) is 4.79 Å². The molecule has 1 atom stereocenters. The number of aromatic nitrogens is 4. The lowest BCUT2D eigenvalue weighted by Gasteiger charge is -2.15. The lowest BCUT2D eigenvalue weighted by molar-refractivity contribution is -0.115. The van der Waals surface area contributed by atoms with E-state index in [1.807, 2.05) is 0 Å². The van der Waals surface area contributed by atoms with E-state index in [4.69, 9.17) is 11.6 Å². The van der Waals surface area contributed by atoms with Gasteiger partial charge in [0.05, 0.1) is 5.03 Å². The maximum atomic E-state index is 11.5. The molecule has 1 aliphatic heterocycles. The molecule has 14 heavy (non-hydrogen) atoms. The summed E-state index contributed by atoms with van der Waals surface area (Å²) in [5.74, 6) is -0.429. The molecule has 0 saturated carbocycles. The van der Waals surface area contributed by atoms with E-state index < -0.39 is 12.1 Å². The van der Waals surface area contributed by atoms with Crippen molar-refractivity contribution < 1.29 is 9.90 Å². The molecule has 0 radical (unpaired) electrons. The average molecular weight is 216 g/mol. The predicted molar refractivity (Wildman–Crippen MR) is 46.2 cm³/mol. The number of carbonyl (C=O) groups is 1. The summed E-state index contributed by atoms with van der Waals surface area (Å²) in [6.45, 7) is 1.52. The molecule has 1 unspecified atom stereocenters. The summed E-state index contributed by atoms with van der Waals surface area (Å²) in [5, 5.41) is 22.3. The Bertz CT molecular complexity index is 400. The number of hydrogen-bond donors (Lipinski definition) is 2. The summed E-state index contributed by atoms with van der Waals surface area (Å²) in [7, 11) is 0. The van der Waals surface area contributed by atoms with Crippen molar-refractivity contribution in [3.8, 4) is 0 Å². The van der Waals surface area contributed by atoms with Crippen LogP contribution in [0, 0.1) is 0 Å². The Morgan fingerprint density at radius 1 is 1.64 bits per heavy atom. The Morgan fingerprint density at radius 2 is 2.36 bits per heavy atom. The first kappa shape index (κ1) is 9.10. The van der Waals surface area contributed by atoms with E-state index in [0.29, 0.717) is 0 Å². The average Bonchev–Trinajstić information content (AvgIpc) is 2.73. The summed E-state index contributed by atoms with van der Waals surface area (Å²) in [6.07, 6.45) is -1.22. The number of nitrogens with one attached hydrogen (secondary N) is 1. The van der Waals surface area contributed by atoms with Gasteiger partial charge in [-0.1, -0.05) is 16.7 Å². The molecule has 0 aliphatic carbocycles. The predicted octanol–water partition coefficient (Wildman–Crippen LogP) is -0.623. The second-order valence-corrected chi connectivity index (χ2v) is 3.14. The quantitative estimate of drug-likeness (QED) is 0.651. The van der Waals surface area contributed by atoms with E-state index in [-0.39, 0.29) is 16.6 Å². The number of amides is 1. The molecule has 74 valence electrons. The Balaban J connectivity index is 2.39. The number of rotatable bonds is 1. The van der Waals surface area contributed by atoms with E-state index in [1.165, 1.54) is 6.92 Å². The van der Waals surface area contributed by atoms with Gasteiger partial charge >= 0.3 is 0 Å². The third-order valence-electron chi connectivity index (χ3n) is 1.92. The van der Waals surface area contributed by atoms with Crippen molar-refractivity contribution in [2.45, 2.75) is 13.2 Å². The van der Waals surface area contributed by atoms with Crippen LogP contribution in [0.3, 0.4) is 0 Å². The molecule has 2 N–H and O–H groups in total. The van der Waals surface area contributed by atoms with Gasteiger partial charge in [-0.05, 0) is 12.1 Å². The van der Waals surface area contributed by atoms with Gasteiger partial charge in [0.15, 0.2) is 6.23 Å². The fraction of sp³-hybridized carbons (Fsp3) is 0.333. The van der Waals surface area contributed by atoms with Crippen LogP contribution < -0.4 is 4.90 Å². The van der Waals surface area contributed by atoms with Gasteiger partial charge in [-0.25, -0.2) is 4.90 Å². The van der Waals surface area contributed by atoms with Crippen LogP contribution in [0.5, 0.6) is 0 Å². The summed E-state index contributed by atoms with van der Waals surface area (Å²) in [5.41, 5.74) is 0.281. The molecule has 0 saturated heterocycles. The van der Waals surface area contributed by atoms with Crippen molar-refractivity contribution in [3.05, 3.63) is 10.6 Å². The third kappa shape index (κ3) is 1.10.